The number of sulfonamides is 1. The zero-order chi connectivity index (χ0) is 18.7. The quantitative estimate of drug-likeness (QED) is 0.776. The van der Waals surface area contributed by atoms with Crippen molar-refractivity contribution in [2.45, 2.75) is 43.7 Å². The third-order valence-corrected chi connectivity index (χ3v) is 6.31. The Morgan fingerprint density at radius 2 is 2.04 bits per heavy atom. The Morgan fingerprint density at radius 1 is 1.31 bits per heavy atom. The third kappa shape index (κ3) is 3.89. The maximum atomic E-state index is 11.8. The first kappa shape index (κ1) is 18.8. The van der Waals surface area contributed by atoms with Crippen LogP contribution in [0.2, 0.25) is 0 Å². The molecule has 1 aliphatic rings. The minimum Gasteiger partial charge on any atom is -0.298 e. The summed E-state index contributed by atoms with van der Waals surface area (Å²) < 4.78 is 27.6. The molecule has 2 aromatic rings. The van der Waals surface area contributed by atoms with Gasteiger partial charge < -0.3 is 0 Å². The average Bonchev–Trinajstić information content (AvgIpc) is 3.03. The second-order valence-electron chi connectivity index (χ2n) is 6.56. The number of likely N-dealkylation sites (tertiary alicyclic amines) is 1. The van der Waals surface area contributed by atoms with E-state index >= 15 is 0 Å². The van der Waals surface area contributed by atoms with Gasteiger partial charge in [-0.15, -0.1) is 0 Å². The molecule has 2 N–H and O–H groups in total. The van der Waals surface area contributed by atoms with Gasteiger partial charge >= 0.3 is 5.69 Å². The number of benzene rings is 1. The molecule has 0 radical (unpaired) electrons. The van der Waals surface area contributed by atoms with E-state index in [2.05, 4.69) is 19.8 Å². The zero-order valence-corrected chi connectivity index (χ0v) is 15.9. The predicted octanol–water partition coefficient (Wildman–Crippen LogP) is 0.879. The lowest BCUT2D eigenvalue weighted by atomic mass is 9.96. The standard InChI is InChI=1S/C17H25N5O3S/c1-3-22-16(19-20-17(22)23)14-5-4-10-21(12-14)11-13-6-8-15(9-7-13)26(24,25)18-2/h6-9,14,18H,3-5,10-12H2,1-2H3,(H,20,23)/t14-/m0/s1. The SMILES string of the molecule is CCn1c([C@H]2CCCN(Cc3ccc(S(=O)(=O)NC)cc3)C2)n[nH]c1=O. The van der Waals surface area contributed by atoms with Gasteiger partial charge in [0.25, 0.3) is 0 Å². The summed E-state index contributed by atoms with van der Waals surface area (Å²) in [6.45, 7) is 5.12. The highest BCUT2D eigenvalue weighted by molar-refractivity contribution is 7.89. The van der Waals surface area contributed by atoms with E-state index in [1.54, 1.807) is 16.7 Å². The molecule has 9 heteroatoms. The van der Waals surface area contributed by atoms with Gasteiger partial charge in [0.1, 0.15) is 5.82 Å². The van der Waals surface area contributed by atoms with Crippen molar-refractivity contribution < 1.29 is 8.42 Å². The summed E-state index contributed by atoms with van der Waals surface area (Å²) in [6.07, 6.45) is 2.06. The van der Waals surface area contributed by atoms with Gasteiger partial charge in [-0.05, 0) is 51.1 Å². The van der Waals surface area contributed by atoms with E-state index in [-0.39, 0.29) is 16.5 Å². The summed E-state index contributed by atoms with van der Waals surface area (Å²) in [4.78, 5) is 14.4. The van der Waals surface area contributed by atoms with Crippen LogP contribution in [0.4, 0.5) is 0 Å². The maximum absolute atomic E-state index is 11.8. The van der Waals surface area contributed by atoms with Crippen molar-refractivity contribution in [2.24, 2.45) is 0 Å². The molecule has 1 aromatic heterocycles. The number of hydrogen-bond acceptors (Lipinski definition) is 5. The molecule has 0 amide bonds. The van der Waals surface area contributed by atoms with Crippen molar-refractivity contribution in [3.63, 3.8) is 0 Å². The molecule has 0 saturated carbocycles. The molecule has 2 heterocycles. The van der Waals surface area contributed by atoms with Crippen molar-refractivity contribution in [1.82, 2.24) is 24.4 Å². The molecule has 1 aromatic carbocycles. The molecule has 0 bridgehead atoms. The molecule has 8 nitrogen and oxygen atoms in total. The van der Waals surface area contributed by atoms with Crippen LogP contribution >= 0.6 is 0 Å². The summed E-state index contributed by atoms with van der Waals surface area (Å²) in [5.74, 6) is 1.06. The Balaban J connectivity index is 1.70. The first-order valence-electron chi connectivity index (χ1n) is 8.84. The summed E-state index contributed by atoms with van der Waals surface area (Å²) in [6, 6.07) is 6.96. The summed E-state index contributed by atoms with van der Waals surface area (Å²) in [7, 11) is -2.00. The van der Waals surface area contributed by atoms with E-state index in [0.29, 0.717) is 6.54 Å². The Labute approximate surface area is 153 Å². The fourth-order valence-electron chi connectivity index (χ4n) is 3.51. The second-order valence-corrected chi connectivity index (χ2v) is 8.44. The van der Waals surface area contributed by atoms with Crippen LogP contribution < -0.4 is 10.4 Å². The van der Waals surface area contributed by atoms with Crippen molar-refractivity contribution in [3.8, 4) is 0 Å². The van der Waals surface area contributed by atoms with Crippen LogP contribution in [0, 0.1) is 0 Å². The normalized spacial score (nSPS) is 18.9. The highest BCUT2D eigenvalue weighted by Crippen LogP contribution is 2.26. The Morgan fingerprint density at radius 3 is 2.69 bits per heavy atom. The van der Waals surface area contributed by atoms with Crippen LogP contribution in [0.15, 0.2) is 34.0 Å². The number of H-pyrrole nitrogens is 1. The highest BCUT2D eigenvalue weighted by atomic mass is 32.2. The fraction of sp³-hybridized carbons (Fsp3) is 0.529. The highest BCUT2D eigenvalue weighted by Gasteiger charge is 2.26. The van der Waals surface area contributed by atoms with E-state index in [1.807, 2.05) is 19.1 Å². The number of nitrogens with one attached hydrogen (secondary N) is 2. The van der Waals surface area contributed by atoms with Crippen molar-refractivity contribution >= 4 is 10.0 Å². The molecule has 1 saturated heterocycles. The van der Waals surface area contributed by atoms with E-state index < -0.39 is 10.0 Å². The molecule has 1 fully saturated rings. The first-order valence-corrected chi connectivity index (χ1v) is 10.3. The van der Waals surface area contributed by atoms with Gasteiger partial charge in [-0.3, -0.25) is 9.47 Å². The molecule has 1 atom stereocenters. The Bertz CT molecular complexity index is 901. The monoisotopic (exact) mass is 379 g/mol. The van der Waals surface area contributed by atoms with Gasteiger partial charge in [-0.2, -0.15) is 5.10 Å². The van der Waals surface area contributed by atoms with Gasteiger partial charge in [0.05, 0.1) is 4.90 Å². The molecular weight excluding hydrogens is 354 g/mol. The summed E-state index contributed by atoms with van der Waals surface area (Å²) in [5.41, 5.74) is 0.913. The van der Waals surface area contributed by atoms with Crippen LogP contribution in [0.3, 0.4) is 0 Å². The predicted molar refractivity (Wildman–Crippen MR) is 98.5 cm³/mol. The van der Waals surface area contributed by atoms with Crippen LogP contribution in [-0.2, 0) is 23.1 Å². The van der Waals surface area contributed by atoms with Crippen molar-refractivity contribution in [3.05, 3.63) is 46.1 Å². The number of hydrogen-bond donors (Lipinski definition) is 2. The van der Waals surface area contributed by atoms with Crippen molar-refractivity contribution in [1.29, 1.82) is 0 Å². The van der Waals surface area contributed by atoms with Crippen LogP contribution in [0.25, 0.3) is 0 Å². The topological polar surface area (TPSA) is 100 Å². The molecule has 0 spiro atoms. The van der Waals surface area contributed by atoms with Crippen LogP contribution in [0.1, 0.15) is 37.1 Å². The zero-order valence-electron chi connectivity index (χ0n) is 15.1. The fourth-order valence-corrected chi connectivity index (χ4v) is 4.24. The van der Waals surface area contributed by atoms with E-state index in [1.165, 1.54) is 7.05 Å². The van der Waals surface area contributed by atoms with Gasteiger partial charge in [0.15, 0.2) is 0 Å². The van der Waals surface area contributed by atoms with Crippen LogP contribution in [-0.4, -0.2) is 48.2 Å². The van der Waals surface area contributed by atoms with Gasteiger partial charge in [0.2, 0.25) is 10.0 Å². The van der Waals surface area contributed by atoms with E-state index in [9.17, 15) is 13.2 Å². The Kier molecular flexibility index (Phi) is 5.59. The van der Waals surface area contributed by atoms with E-state index in [0.717, 1.165) is 43.9 Å². The van der Waals surface area contributed by atoms with E-state index in [4.69, 9.17) is 0 Å². The largest absolute Gasteiger partial charge is 0.343 e. The molecule has 3 rings (SSSR count). The summed E-state index contributed by atoms with van der Waals surface area (Å²) >= 11 is 0. The lowest BCUT2D eigenvalue weighted by Gasteiger charge is -2.32. The maximum Gasteiger partial charge on any atom is 0.343 e. The lowest BCUT2D eigenvalue weighted by molar-refractivity contribution is 0.194. The molecule has 0 aliphatic carbocycles. The van der Waals surface area contributed by atoms with Gasteiger partial charge in [-0.1, -0.05) is 12.1 Å². The number of piperidine rings is 1. The minimum absolute atomic E-state index is 0.152. The molecule has 26 heavy (non-hydrogen) atoms. The smallest absolute Gasteiger partial charge is 0.298 e. The van der Waals surface area contributed by atoms with Crippen molar-refractivity contribution in [2.75, 3.05) is 20.1 Å². The summed E-state index contributed by atoms with van der Waals surface area (Å²) in [5, 5.41) is 6.78. The number of rotatable bonds is 6. The molecule has 0 unspecified atom stereocenters. The molecule has 1 aliphatic heterocycles. The number of aromatic nitrogens is 3. The number of nitrogens with zero attached hydrogens (tertiary/aromatic N) is 3. The van der Waals surface area contributed by atoms with Gasteiger partial charge in [0, 0.05) is 25.6 Å². The minimum atomic E-state index is -3.41. The lowest BCUT2D eigenvalue weighted by Crippen LogP contribution is -2.35. The Hall–Kier alpha value is -1.97. The van der Waals surface area contributed by atoms with Gasteiger partial charge in [-0.25, -0.2) is 23.0 Å². The molecular formula is C17H25N5O3S. The molecule has 142 valence electrons. The number of aromatic amines is 1. The average molecular weight is 379 g/mol. The second kappa shape index (κ2) is 7.73. The first-order chi connectivity index (χ1) is 12.4. The third-order valence-electron chi connectivity index (χ3n) is 4.88. The van der Waals surface area contributed by atoms with Crippen LogP contribution in [0.5, 0.6) is 0 Å².